The standard InChI is InChI=1S/C13H14FNO2/c1-7-4-11-9(2-3-15-7)13-10(16)5-8(14)6-12(13)17-11/h5-7,15-16H,2-4H2,1H3. The van der Waals surface area contributed by atoms with Gasteiger partial charge >= 0.3 is 0 Å². The monoisotopic (exact) mass is 235 g/mol. The van der Waals surface area contributed by atoms with Gasteiger partial charge < -0.3 is 14.8 Å². The molecule has 2 N–H and O–H groups in total. The number of phenols is 1. The van der Waals surface area contributed by atoms with Gasteiger partial charge in [-0.3, -0.25) is 0 Å². The Morgan fingerprint density at radius 1 is 1.47 bits per heavy atom. The van der Waals surface area contributed by atoms with Crippen LogP contribution in [0.4, 0.5) is 4.39 Å². The van der Waals surface area contributed by atoms with E-state index in [-0.39, 0.29) is 5.75 Å². The molecule has 1 aliphatic heterocycles. The van der Waals surface area contributed by atoms with E-state index in [1.54, 1.807) is 0 Å². The summed E-state index contributed by atoms with van der Waals surface area (Å²) in [7, 11) is 0. The second kappa shape index (κ2) is 3.74. The van der Waals surface area contributed by atoms with E-state index >= 15 is 0 Å². The first kappa shape index (κ1) is 10.6. The summed E-state index contributed by atoms with van der Waals surface area (Å²) in [5, 5.41) is 13.9. The van der Waals surface area contributed by atoms with Crippen molar-refractivity contribution in [3.05, 3.63) is 29.3 Å². The molecule has 0 radical (unpaired) electrons. The first-order valence-corrected chi connectivity index (χ1v) is 5.81. The molecule has 2 aromatic rings. The van der Waals surface area contributed by atoms with Gasteiger partial charge in [0.2, 0.25) is 0 Å². The first-order valence-electron chi connectivity index (χ1n) is 5.81. The third-order valence-electron chi connectivity index (χ3n) is 3.28. The van der Waals surface area contributed by atoms with E-state index in [1.165, 1.54) is 6.07 Å². The van der Waals surface area contributed by atoms with Crippen molar-refractivity contribution in [3.63, 3.8) is 0 Å². The maximum Gasteiger partial charge on any atom is 0.141 e. The third-order valence-corrected chi connectivity index (χ3v) is 3.28. The lowest BCUT2D eigenvalue weighted by Gasteiger charge is -2.07. The molecule has 0 spiro atoms. The highest BCUT2D eigenvalue weighted by Gasteiger charge is 2.22. The van der Waals surface area contributed by atoms with Crippen LogP contribution in [0.2, 0.25) is 0 Å². The Morgan fingerprint density at radius 3 is 3.12 bits per heavy atom. The van der Waals surface area contributed by atoms with Crippen molar-refractivity contribution in [2.75, 3.05) is 6.54 Å². The number of benzene rings is 1. The molecular weight excluding hydrogens is 221 g/mol. The van der Waals surface area contributed by atoms with Crippen LogP contribution in [-0.4, -0.2) is 17.7 Å². The summed E-state index contributed by atoms with van der Waals surface area (Å²) in [5.41, 5.74) is 1.45. The van der Waals surface area contributed by atoms with Crippen LogP contribution in [-0.2, 0) is 12.8 Å². The number of aromatic hydroxyl groups is 1. The van der Waals surface area contributed by atoms with Gasteiger partial charge in [0.05, 0.1) is 5.39 Å². The molecule has 1 atom stereocenters. The molecule has 90 valence electrons. The Balaban J connectivity index is 2.25. The molecule has 0 fully saturated rings. The normalized spacial score (nSPS) is 20.2. The van der Waals surface area contributed by atoms with E-state index in [4.69, 9.17) is 4.42 Å². The zero-order valence-electron chi connectivity index (χ0n) is 9.59. The van der Waals surface area contributed by atoms with E-state index in [0.717, 1.165) is 36.8 Å². The van der Waals surface area contributed by atoms with Crippen molar-refractivity contribution in [1.82, 2.24) is 5.32 Å². The quantitative estimate of drug-likeness (QED) is 0.736. The van der Waals surface area contributed by atoms with Crippen molar-refractivity contribution < 1.29 is 13.9 Å². The van der Waals surface area contributed by atoms with Gasteiger partial charge in [0.1, 0.15) is 22.9 Å². The van der Waals surface area contributed by atoms with Crippen LogP contribution in [0.3, 0.4) is 0 Å². The SMILES string of the molecule is CC1Cc2oc3cc(F)cc(O)c3c2CCN1. The Hall–Kier alpha value is -1.55. The van der Waals surface area contributed by atoms with Crippen molar-refractivity contribution in [2.24, 2.45) is 0 Å². The summed E-state index contributed by atoms with van der Waals surface area (Å²) < 4.78 is 18.8. The minimum absolute atomic E-state index is 0.0282. The maximum atomic E-state index is 13.2. The fraction of sp³-hybridized carbons (Fsp3) is 0.385. The van der Waals surface area contributed by atoms with Crippen molar-refractivity contribution >= 4 is 11.0 Å². The molecule has 2 heterocycles. The van der Waals surface area contributed by atoms with Crippen LogP contribution in [0, 0.1) is 5.82 Å². The number of phenolic OH excluding ortho intramolecular Hbond substituents is 1. The van der Waals surface area contributed by atoms with Crippen LogP contribution in [0.25, 0.3) is 11.0 Å². The summed E-state index contributed by atoms with van der Waals surface area (Å²) in [4.78, 5) is 0. The zero-order valence-corrected chi connectivity index (χ0v) is 9.59. The lowest BCUT2D eigenvalue weighted by molar-refractivity contribution is 0.472. The van der Waals surface area contributed by atoms with Crippen LogP contribution < -0.4 is 5.32 Å². The number of rotatable bonds is 0. The summed E-state index contributed by atoms with van der Waals surface area (Å²) >= 11 is 0. The summed E-state index contributed by atoms with van der Waals surface area (Å²) in [6, 6.07) is 2.81. The van der Waals surface area contributed by atoms with Gasteiger partial charge in [0.15, 0.2) is 0 Å². The predicted molar refractivity (Wildman–Crippen MR) is 62.7 cm³/mol. The predicted octanol–water partition coefficient (Wildman–Crippen LogP) is 2.35. The van der Waals surface area contributed by atoms with Crippen LogP contribution >= 0.6 is 0 Å². The van der Waals surface area contributed by atoms with Gasteiger partial charge in [0, 0.05) is 30.2 Å². The van der Waals surface area contributed by atoms with E-state index in [2.05, 4.69) is 12.2 Å². The molecule has 3 nitrogen and oxygen atoms in total. The highest BCUT2D eigenvalue weighted by molar-refractivity contribution is 5.88. The molecule has 17 heavy (non-hydrogen) atoms. The van der Waals surface area contributed by atoms with Crippen LogP contribution in [0.5, 0.6) is 5.75 Å². The largest absolute Gasteiger partial charge is 0.507 e. The van der Waals surface area contributed by atoms with Crippen molar-refractivity contribution in [1.29, 1.82) is 0 Å². The zero-order chi connectivity index (χ0) is 12.0. The van der Waals surface area contributed by atoms with Gasteiger partial charge in [-0.15, -0.1) is 0 Å². The number of hydrogen-bond acceptors (Lipinski definition) is 3. The first-order chi connectivity index (χ1) is 8.15. The molecule has 1 aromatic heterocycles. The average molecular weight is 235 g/mol. The van der Waals surface area contributed by atoms with Gasteiger partial charge in [-0.25, -0.2) is 4.39 Å². The second-order valence-electron chi connectivity index (χ2n) is 4.61. The Morgan fingerprint density at radius 2 is 2.29 bits per heavy atom. The molecule has 1 aliphatic rings. The Bertz CT molecular complexity index is 576. The average Bonchev–Trinajstić information content (AvgIpc) is 2.46. The fourth-order valence-electron chi connectivity index (χ4n) is 2.51. The molecule has 4 heteroatoms. The topological polar surface area (TPSA) is 45.4 Å². The number of furan rings is 1. The molecule has 0 aliphatic carbocycles. The van der Waals surface area contributed by atoms with Crippen molar-refractivity contribution in [3.8, 4) is 5.75 Å². The number of fused-ring (bicyclic) bond motifs is 3. The smallest absolute Gasteiger partial charge is 0.141 e. The van der Waals surface area contributed by atoms with Gasteiger partial charge in [-0.1, -0.05) is 0 Å². The van der Waals surface area contributed by atoms with E-state index < -0.39 is 5.82 Å². The van der Waals surface area contributed by atoms with Crippen molar-refractivity contribution in [2.45, 2.75) is 25.8 Å². The molecule has 1 unspecified atom stereocenters. The molecular formula is C13H14FNO2. The highest BCUT2D eigenvalue weighted by atomic mass is 19.1. The lowest BCUT2D eigenvalue weighted by Crippen LogP contribution is -2.27. The molecule has 1 aromatic carbocycles. The highest BCUT2D eigenvalue weighted by Crippen LogP contribution is 2.35. The van der Waals surface area contributed by atoms with Gasteiger partial charge in [0.25, 0.3) is 0 Å². The third kappa shape index (κ3) is 1.69. The number of halogens is 1. The summed E-state index contributed by atoms with van der Waals surface area (Å²) in [6.07, 6.45) is 1.57. The minimum Gasteiger partial charge on any atom is -0.507 e. The minimum atomic E-state index is -0.468. The molecule has 0 saturated heterocycles. The fourth-order valence-corrected chi connectivity index (χ4v) is 2.51. The van der Waals surface area contributed by atoms with E-state index in [1.807, 2.05) is 0 Å². The molecule has 3 rings (SSSR count). The number of hydrogen-bond donors (Lipinski definition) is 2. The second-order valence-corrected chi connectivity index (χ2v) is 4.61. The maximum absolute atomic E-state index is 13.2. The molecule has 0 bridgehead atoms. The number of nitrogens with one attached hydrogen (secondary N) is 1. The summed E-state index contributed by atoms with van der Waals surface area (Å²) in [5.74, 6) is 0.364. The van der Waals surface area contributed by atoms with Gasteiger partial charge in [-0.2, -0.15) is 0 Å². The summed E-state index contributed by atoms with van der Waals surface area (Å²) in [6.45, 7) is 2.93. The molecule has 0 saturated carbocycles. The van der Waals surface area contributed by atoms with Gasteiger partial charge in [-0.05, 0) is 19.9 Å². The van der Waals surface area contributed by atoms with Crippen LogP contribution in [0.1, 0.15) is 18.2 Å². The Kier molecular flexibility index (Phi) is 2.33. The lowest BCUT2D eigenvalue weighted by atomic mass is 10.1. The molecule has 0 amide bonds. The van der Waals surface area contributed by atoms with Crippen LogP contribution in [0.15, 0.2) is 16.5 Å². The van der Waals surface area contributed by atoms with E-state index in [0.29, 0.717) is 17.0 Å². The Labute approximate surface area is 98.2 Å². The van der Waals surface area contributed by atoms with E-state index in [9.17, 15) is 9.50 Å².